The molecule has 0 bridgehead atoms. The number of nitrogens with two attached hydrogens (primary N) is 1. The van der Waals surface area contributed by atoms with Gasteiger partial charge in [0.1, 0.15) is 0 Å². The highest BCUT2D eigenvalue weighted by atomic mass is 32.2. The Morgan fingerprint density at radius 3 is 2.30 bits per heavy atom. The molecular formula is C22H23N7O2S2. The number of hydrogen-bond acceptors (Lipinski definition) is 8. The summed E-state index contributed by atoms with van der Waals surface area (Å²) in [7, 11) is -3.74. The van der Waals surface area contributed by atoms with Crippen LogP contribution in [0.3, 0.4) is 0 Å². The quantitative estimate of drug-likeness (QED) is 0.410. The highest BCUT2D eigenvalue weighted by molar-refractivity contribution is 7.89. The monoisotopic (exact) mass is 481 g/mol. The van der Waals surface area contributed by atoms with Crippen molar-refractivity contribution in [3.8, 4) is 11.4 Å². The molecule has 4 aromatic rings. The second kappa shape index (κ2) is 8.65. The number of aromatic nitrogens is 3. The van der Waals surface area contributed by atoms with Gasteiger partial charge in [0.05, 0.1) is 16.3 Å². The first-order chi connectivity index (χ1) is 15.9. The fraction of sp³-hybridized carbons (Fsp3) is 0.273. The van der Waals surface area contributed by atoms with E-state index in [4.69, 9.17) is 5.14 Å². The molecule has 170 valence electrons. The topological polar surface area (TPSA) is 118 Å². The first-order valence-corrected chi connectivity index (χ1v) is 13.0. The number of azo groups is 1. The van der Waals surface area contributed by atoms with Crippen molar-refractivity contribution in [3.05, 3.63) is 54.2 Å². The van der Waals surface area contributed by atoms with Gasteiger partial charge in [-0.2, -0.15) is 0 Å². The number of hydrogen-bond donors (Lipinski definition) is 1. The Morgan fingerprint density at radius 2 is 1.64 bits per heavy atom. The van der Waals surface area contributed by atoms with Crippen molar-refractivity contribution in [3.63, 3.8) is 0 Å². The molecule has 3 heterocycles. The third-order valence-electron chi connectivity index (χ3n) is 5.73. The summed E-state index contributed by atoms with van der Waals surface area (Å²) in [5.41, 5.74) is 3.65. The Bertz CT molecular complexity index is 1420. The van der Waals surface area contributed by atoms with E-state index in [1.54, 1.807) is 12.1 Å². The zero-order valence-electron chi connectivity index (χ0n) is 18.0. The Labute approximate surface area is 195 Å². The minimum Gasteiger partial charge on any atom is -0.372 e. The van der Waals surface area contributed by atoms with E-state index in [1.165, 1.54) is 48.4 Å². The van der Waals surface area contributed by atoms with Crippen molar-refractivity contribution in [1.82, 2.24) is 14.6 Å². The minimum atomic E-state index is -3.74. The molecule has 2 aromatic carbocycles. The van der Waals surface area contributed by atoms with Gasteiger partial charge in [-0.05, 0) is 74.7 Å². The lowest BCUT2D eigenvalue weighted by molar-refractivity contribution is 0.578. The number of sulfonamides is 1. The Morgan fingerprint density at radius 1 is 0.939 bits per heavy atom. The van der Waals surface area contributed by atoms with Crippen LogP contribution in [0.5, 0.6) is 0 Å². The Kier molecular flexibility index (Phi) is 5.69. The van der Waals surface area contributed by atoms with Crippen molar-refractivity contribution in [2.45, 2.75) is 31.1 Å². The largest absolute Gasteiger partial charge is 0.372 e. The minimum absolute atomic E-state index is 0.0363. The summed E-state index contributed by atoms with van der Waals surface area (Å²) in [4.78, 5) is 3.20. The molecule has 5 rings (SSSR count). The maximum absolute atomic E-state index is 11.4. The van der Waals surface area contributed by atoms with E-state index in [9.17, 15) is 8.42 Å². The Balaban J connectivity index is 1.40. The number of piperidine rings is 1. The number of anilines is 1. The molecule has 1 saturated heterocycles. The normalized spacial score (nSPS) is 15.0. The van der Waals surface area contributed by atoms with E-state index in [-0.39, 0.29) is 4.90 Å². The number of fused-ring (bicyclic) bond motifs is 1. The third kappa shape index (κ3) is 4.39. The number of rotatable bonds is 5. The molecule has 0 saturated carbocycles. The average molecular weight is 482 g/mol. The van der Waals surface area contributed by atoms with Gasteiger partial charge in [-0.1, -0.05) is 11.3 Å². The summed E-state index contributed by atoms with van der Waals surface area (Å²) in [6, 6.07) is 14.4. The number of benzene rings is 2. The summed E-state index contributed by atoms with van der Waals surface area (Å²) >= 11 is 1.40. The predicted octanol–water partition coefficient (Wildman–Crippen LogP) is 4.82. The summed E-state index contributed by atoms with van der Waals surface area (Å²) < 4.78 is 24.8. The maximum Gasteiger partial charge on any atom is 0.238 e. The van der Waals surface area contributed by atoms with Crippen molar-refractivity contribution in [2.24, 2.45) is 15.4 Å². The molecule has 0 aliphatic carbocycles. The van der Waals surface area contributed by atoms with Crippen molar-refractivity contribution in [2.75, 3.05) is 18.0 Å². The first kappa shape index (κ1) is 21.7. The molecule has 0 unspecified atom stereocenters. The van der Waals surface area contributed by atoms with Gasteiger partial charge in [-0.25, -0.2) is 13.6 Å². The maximum atomic E-state index is 11.4. The predicted molar refractivity (Wildman–Crippen MR) is 129 cm³/mol. The Hall–Kier alpha value is -3.15. The third-order valence-corrected chi connectivity index (χ3v) is 7.68. The molecule has 2 N–H and O–H groups in total. The fourth-order valence-electron chi connectivity index (χ4n) is 3.95. The summed E-state index contributed by atoms with van der Waals surface area (Å²) in [5, 5.41) is 23.1. The molecule has 0 radical (unpaired) electrons. The molecule has 0 amide bonds. The van der Waals surface area contributed by atoms with E-state index >= 15 is 0 Å². The second-order valence-electron chi connectivity index (χ2n) is 7.97. The van der Waals surface area contributed by atoms with Crippen LogP contribution >= 0.6 is 11.3 Å². The molecule has 1 aliphatic rings. The molecular weight excluding hydrogens is 458 g/mol. The van der Waals surface area contributed by atoms with Gasteiger partial charge in [0.2, 0.25) is 15.0 Å². The smallest absolute Gasteiger partial charge is 0.238 e. The zero-order chi connectivity index (χ0) is 23.0. The van der Waals surface area contributed by atoms with Gasteiger partial charge < -0.3 is 4.90 Å². The molecule has 0 atom stereocenters. The highest BCUT2D eigenvalue weighted by Gasteiger charge is 2.17. The van der Waals surface area contributed by atoms with Crippen LogP contribution in [0.1, 0.15) is 25.0 Å². The van der Waals surface area contributed by atoms with Crippen LogP contribution in [0.4, 0.5) is 16.4 Å². The lowest BCUT2D eigenvalue weighted by Gasteiger charge is -2.28. The van der Waals surface area contributed by atoms with E-state index in [2.05, 4.69) is 49.6 Å². The van der Waals surface area contributed by atoms with E-state index in [0.29, 0.717) is 10.7 Å². The van der Waals surface area contributed by atoms with E-state index < -0.39 is 10.0 Å². The van der Waals surface area contributed by atoms with Gasteiger partial charge >= 0.3 is 0 Å². The number of thiazole rings is 1. The SMILES string of the molecule is Cc1c(N=Nc2ccc(S(N)(=O)=O)cc2)sc2nnc(-c3ccc(N4CCCCC4)cc3)n12. The summed E-state index contributed by atoms with van der Waals surface area (Å²) in [6.07, 6.45) is 3.80. The first-order valence-electron chi connectivity index (χ1n) is 10.6. The summed E-state index contributed by atoms with van der Waals surface area (Å²) in [5.74, 6) is 0.767. The molecule has 2 aromatic heterocycles. The average Bonchev–Trinajstić information content (AvgIpc) is 3.38. The van der Waals surface area contributed by atoms with E-state index in [0.717, 1.165) is 35.1 Å². The van der Waals surface area contributed by atoms with Gasteiger partial charge in [-0.15, -0.1) is 20.4 Å². The number of aryl methyl sites for hydroxylation is 1. The zero-order valence-corrected chi connectivity index (χ0v) is 19.7. The van der Waals surface area contributed by atoms with Gasteiger partial charge in [0, 0.05) is 24.3 Å². The molecule has 33 heavy (non-hydrogen) atoms. The molecule has 9 nitrogen and oxygen atoms in total. The van der Waals surface area contributed by atoms with E-state index in [1.807, 2.05) is 11.3 Å². The fourth-order valence-corrected chi connectivity index (χ4v) is 5.36. The van der Waals surface area contributed by atoms with Crippen LogP contribution in [0.25, 0.3) is 16.3 Å². The van der Waals surface area contributed by atoms with Gasteiger partial charge in [-0.3, -0.25) is 4.40 Å². The van der Waals surface area contributed by atoms with Crippen LogP contribution in [-0.2, 0) is 10.0 Å². The van der Waals surface area contributed by atoms with Crippen LogP contribution in [0.2, 0.25) is 0 Å². The second-order valence-corrected chi connectivity index (χ2v) is 10.5. The highest BCUT2D eigenvalue weighted by Crippen LogP contribution is 2.35. The molecule has 11 heteroatoms. The lowest BCUT2D eigenvalue weighted by atomic mass is 10.1. The standard InChI is InChI=1S/C22H23N7O2S2/c1-15-21(26-24-17-7-11-19(12-8-17)33(23,30)31)32-22-27-25-20(29(15)22)16-5-9-18(10-6-16)28-13-3-2-4-14-28/h5-12H,2-4,13-14H2,1H3,(H2,23,30,31). The van der Waals surface area contributed by atoms with Crippen molar-refractivity contribution >= 4 is 42.7 Å². The number of primary sulfonamides is 1. The van der Waals surface area contributed by atoms with Crippen LogP contribution in [-0.4, -0.2) is 36.1 Å². The van der Waals surface area contributed by atoms with Crippen molar-refractivity contribution in [1.29, 1.82) is 0 Å². The molecule has 1 fully saturated rings. The van der Waals surface area contributed by atoms with Gasteiger partial charge in [0.25, 0.3) is 0 Å². The molecule has 1 aliphatic heterocycles. The van der Waals surface area contributed by atoms with Gasteiger partial charge in [0.15, 0.2) is 10.8 Å². The number of nitrogens with zero attached hydrogens (tertiary/aromatic N) is 6. The van der Waals surface area contributed by atoms with Crippen molar-refractivity contribution < 1.29 is 8.42 Å². The van der Waals surface area contributed by atoms with Crippen LogP contribution in [0, 0.1) is 6.92 Å². The van der Waals surface area contributed by atoms with Crippen LogP contribution in [0.15, 0.2) is 63.7 Å². The summed E-state index contributed by atoms with van der Waals surface area (Å²) in [6.45, 7) is 4.17. The lowest BCUT2D eigenvalue weighted by Crippen LogP contribution is -2.29. The molecule has 0 spiro atoms. The van der Waals surface area contributed by atoms with Crippen LogP contribution < -0.4 is 10.0 Å².